The fraction of sp³-hybridized carbons (Fsp3) is 1.00. The number of rotatable bonds is 4. The first-order valence-corrected chi connectivity index (χ1v) is 5.95. The van der Waals surface area contributed by atoms with Crippen LogP contribution in [0.25, 0.3) is 0 Å². The van der Waals surface area contributed by atoms with Crippen molar-refractivity contribution in [3.8, 4) is 0 Å². The maximum atomic E-state index is 12.0. The van der Waals surface area contributed by atoms with Crippen LogP contribution in [-0.4, -0.2) is 36.8 Å². The zero-order valence-corrected chi connectivity index (χ0v) is 9.76. The molecule has 1 aliphatic rings. The number of alkyl halides is 3. The molecular formula is C11H21F3N2. The van der Waals surface area contributed by atoms with Crippen LogP contribution in [0, 0.1) is 5.92 Å². The molecule has 0 aromatic carbocycles. The molecule has 1 saturated heterocycles. The molecular weight excluding hydrogens is 217 g/mol. The second-order valence-corrected chi connectivity index (χ2v) is 4.68. The van der Waals surface area contributed by atoms with Crippen LogP contribution in [0.15, 0.2) is 0 Å². The van der Waals surface area contributed by atoms with Gasteiger partial charge in [0.2, 0.25) is 0 Å². The van der Waals surface area contributed by atoms with E-state index in [4.69, 9.17) is 5.73 Å². The largest absolute Gasteiger partial charge is 0.389 e. The third kappa shape index (κ3) is 4.29. The number of nitrogens with two attached hydrogens (primary N) is 1. The summed E-state index contributed by atoms with van der Waals surface area (Å²) in [6, 6.07) is 0.266. The van der Waals surface area contributed by atoms with Gasteiger partial charge in [0.1, 0.15) is 0 Å². The highest BCUT2D eigenvalue weighted by molar-refractivity contribution is 4.82. The van der Waals surface area contributed by atoms with Crippen molar-refractivity contribution in [1.82, 2.24) is 4.90 Å². The maximum Gasteiger partial charge on any atom is 0.389 e. The Morgan fingerprint density at radius 3 is 2.62 bits per heavy atom. The molecule has 16 heavy (non-hydrogen) atoms. The molecule has 0 aromatic rings. The second kappa shape index (κ2) is 5.87. The summed E-state index contributed by atoms with van der Waals surface area (Å²) in [5.74, 6) is 0.504. The van der Waals surface area contributed by atoms with E-state index in [2.05, 4.69) is 11.8 Å². The van der Waals surface area contributed by atoms with Crippen molar-refractivity contribution in [2.75, 3.05) is 19.6 Å². The normalized spacial score (nSPS) is 28.3. The molecule has 1 heterocycles. The van der Waals surface area contributed by atoms with Gasteiger partial charge in [0, 0.05) is 19.0 Å². The van der Waals surface area contributed by atoms with Crippen LogP contribution in [0.2, 0.25) is 0 Å². The minimum atomic E-state index is -4.03. The van der Waals surface area contributed by atoms with Crippen LogP contribution in [0.1, 0.15) is 32.6 Å². The lowest BCUT2D eigenvalue weighted by atomic mass is 9.90. The summed E-state index contributed by atoms with van der Waals surface area (Å²) in [4.78, 5) is 2.12. The summed E-state index contributed by atoms with van der Waals surface area (Å²) in [5.41, 5.74) is 5.68. The summed E-state index contributed by atoms with van der Waals surface area (Å²) in [6.07, 6.45) is -2.32. The molecule has 2 N–H and O–H groups in total. The standard InChI is InChI=1S/C11H21F3N2/c1-9-4-2-6-16(10(9)8-15)7-3-5-11(12,13)14/h9-10H,2-8,15H2,1H3. The van der Waals surface area contributed by atoms with Crippen molar-refractivity contribution in [2.45, 2.75) is 44.8 Å². The van der Waals surface area contributed by atoms with Crippen molar-refractivity contribution >= 4 is 0 Å². The van der Waals surface area contributed by atoms with Gasteiger partial charge < -0.3 is 5.73 Å². The Hall–Kier alpha value is -0.290. The minimum Gasteiger partial charge on any atom is -0.329 e. The van der Waals surface area contributed by atoms with Crippen molar-refractivity contribution < 1.29 is 13.2 Å². The molecule has 2 unspecified atom stereocenters. The van der Waals surface area contributed by atoms with Crippen LogP contribution >= 0.6 is 0 Å². The molecule has 2 nitrogen and oxygen atoms in total. The van der Waals surface area contributed by atoms with E-state index in [9.17, 15) is 13.2 Å². The molecule has 0 aromatic heterocycles. The highest BCUT2D eigenvalue weighted by Crippen LogP contribution is 2.25. The Balaban J connectivity index is 2.34. The van der Waals surface area contributed by atoms with E-state index in [0.29, 0.717) is 19.0 Å². The van der Waals surface area contributed by atoms with E-state index in [1.807, 2.05) is 0 Å². The summed E-state index contributed by atoms with van der Waals surface area (Å²) < 4.78 is 36.1. The Kier molecular flexibility index (Phi) is 5.05. The molecule has 1 fully saturated rings. The van der Waals surface area contributed by atoms with Crippen LogP contribution in [0.5, 0.6) is 0 Å². The van der Waals surface area contributed by atoms with E-state index < -0.39 is 12.6 Å². The van der Waals surface area contributed by atoms with Gasteiger partial charge in [-0.1, -0.05) is 6.92 Å². The number of hydrogen-bond acceptors (Lipinski definition) is 2. The van der Waals surface area contributed by atoms with Crippen LogP contribution in [0.3, 0.4) is 0 Å². The summed E-state index contributed by atoms with van der Waals surface area (Å²) in [6.45, 7) is 4.09. The molecule has 0 aliphatic carbocycles. The van der Waals surface area contributed by atoms with Gasteiger partial charge in [-0.2, -0.15) is 13.2 Å². The SMILES string of the molecule is CC1CCCN(CCCC(F)(F)F)C1CN. The predicted octanol–water partition coefficient (Wildman–Crippen LogP) is 2.39. The van der Waals surface area contributed by atoms with Gasteiger partial charge in [-0.3, -0.25) is 4.90 Å². The fourth-order valence-electron chi connectivity index (χ4n) is 2.48. The Bertz CT molecular complexity index is 206. The highest BCUT2D eigenvalue weighted by atomic mass is 19.4. The van der Waals surface area contributed by atoms with Gasteiger partial charge in [0.25, 0.3) is 0 Å². The number of hydrogen-bond donors (Lipinski definition) is 1. The van der Waals surface area contributed by atoms with E-state index >= 15 is 0 Å². The lowest BCUT2D eigenvalue weighted by Crippen LogP contribution is -2.48. The first kappa shape index (κ1) is 13.8. The molecule has 0 radical (unpaired) electrons. The first-order chi connectivity index (χ1) is 7.44. The Labute approximate surface area is 95.0 Å². The Morgan fingerprint density at radius 2 is 2.06 bits per heavy atom. The number of halogens is 3. The highest BCUT2D eigenvalue weighted by Gasteiger charge is 2.30. The minimum absolute atomic E-state index is 0.187. The van der Waals surface area contributed by atoms with Crippen molar-refractivity contribution in [2.24, 2.45) is 11.7 Å². The second-order valence-electron chi connectivity index (χ2n) is 4.68. The lowest BCUT2D eigenvalue weighted by molar-refractivity contribution is -0.136. The molecule has 1 aliphatic heterocycles. The molecule has 5 heteroatoms. The van der Waals surface area contributed by atoms with Gasteiger partial charge >= 0.3 is 6.18 Å². The molecule has 1 rings (SSSR count). The lowest BCUT2D eigenvalue weighted by Gasteiger charge is -2.39. The molecule has 0 bridgehead atoms. The monoisotopic (exact) mass is 238 g/mol. The van der Waals surface area contributed by atoms with Crippen molar-refractivity contribution in [3.63, 3.8) is 0 Å². The van der Waals surface area contributed by atoms with E-state index in [1.54, 1.807) is 0 Å². The van der Waals surface area contributed by atoms with Gasteiger partial charge in [-0.15, -0.1) is 0 Å². The van der Waals surface area contributed by atoms with Gasteiger partial charge in [0.05, 0.1) is 0 Å². The maximum absolute atomic E-state index is 12.0. The predicted molar refractivity (Wildman–Crippen MR) is 58.1 cm³/mol. The quantitative estimate of drug-likeness (QED) is 0.814. The third-order valence-electron chi connectivity index (χ3n) is 3.38. The Morgan fingerprint density at radius 1 is 1.38 bits per heavy atom. The van der Waals surface area contributed by atoms with Crippen LogP contribution < -0.4 is 5.73 Å². The van der Waals surface area contributed by atoms with Crippen LogP contribution in [-0.2, 0) is 0 Å². The molecule has 0 amide bonds. The summed E-state index contributed by atoms with van der Waals surface area (Å²) in [7, 11) is 0. The first-order valence-electron chi connectivity index (χ1n) is 5.95. The average Bonchev–Trinajstić information content (AvgIpc) is 2.16. The molecule has 0 saturated carbocycles. The summed E-state index contributed by atoms with van der Waals surface area (Å²) >= 11 is 0. The third-order valence-corrected chi connectivity index (χ3v) is 3.38. The number of likely N-dealkylation sites (tertiary alicyclic amines) is 1. The van der Waals surface area contributed by atoms with Gasteiger partial charge in [-0.25, -0.2) is 0 Å². The zero-order valence-electron chi connectivity index (χ0n) is 9.76. The van der Waals surface area contributed by atoms with E-state index in [-0.39, 0.29) is 12.5 Å². The molecule has 0 spiro atoms. The number of nitrogens with zero attached hydrogens (tertiary/aromatic N) is 1. The van der Waals surface area contributed by atoms with Crippen molar-refractivity contribution in [3.05, 3.63) is 0 Å². The molecule has 2 atom stereocenters. The fourth-order valence-corrected chi connectivity index (χ4v) is 2.48. The van der Waals surface area contributed by atoms with Crippen LogP contribution in [0.4, 0.5) is 13.2 Å². The van der Waals surface area contributed by atoms with Gasteiger partial charge in [0.15, 0.2) is 0 Å². The molecule has 96 valence electrons. The number of piperidine rings is 1. The van der Waals surface area contributed by atoms with E-state index in [0.717, 1.165) is 19.4 Å². The van der Waals surface area contributed by atoms with Gasteiger partial charge in [-0.05, 0) is 38.3 Å². The van der Waals surface area contributed by atoms with E-state index in [1.165, 1.54) is 0 Å². The average molecular weight is 238 g/mol. The zero-order chi connectivity index (χ0) is 12.2. The topological polar surface area (TPSA) is 29.3 Å². The summed E-state index contributed by atoms with van der Waals surface area (Å²) in [5, 5.41) is 0. The smallest absolute Gasteiger partial charge is 0.329 e. The van der Waals surface area contributed by atoms with Crippen molar-refractivity contribution in [1.29, 1.82) is 0 Å².